The molecule has 0 bridgehead atoms. The molecular weight excluding hydrogens is 418 g/mol. The van der Waals surface area contributed by atoms with Crippen molar-refractivity contribution >= 4 is 40.7 Å². The molecule has 0 spiro atoms. The van der Waals surface area contributed by atoms with Crippen LogP contribution < -0.4 is 10.6 Å². The zero-order chi connectivity index (χ0) is 21.3. The quantitative estimate of drug-likeness (QED) is 0.450. The molecule has 2 N–H and O–H groups in total. The van der Waals surface area contributed by atoms with Crippen molar-refractivity contribution in [1.82, 2.24) is 14.9 Å². The van der Waals surface area contributed by atoms with Crippen LogP contribution >= 0.6 is 12.4 Å². The van der Waals surface area contributed by atoms with Gasteiger partial charge in [0.1, 0.15) is 11.5 Å². The van der Waals surface area contributed by atoms with Crippen LogP contribution in [0.5, 0.6) is 0 Å². The van der Waals surface area contributed by atoms with Gasteiger partial charge in [0.05, 0.1) is 16.6 Å². The van der Waals surface area contributed by atoms with E-state index < -0.39 is 4.92 Å². The van der Waals surface area contributed by atoms with E-state index in [1.165, 1.54) is 22.4 Å². The summed E-state index contributed by atoms with van der Waals surface area (Å²) < 4.78 is 1.49. The molecule has 0 radical (unpaired) electrons. The summed E-state index contributed by atoms with van der Waals surface area (Å²) in [7, 11) is 1.64. The van der Waals surface area contributed by atoms with E-state index in [9.17, 15) is 14.9 Å². The van der Waals surface area contributed by atoms with Gasteiger partial charge in [0.2, 0.25) is 0 Å². The first kappa shape index (κ1) is 22.6. The van der Waals surface area contributed by atoms with Gasteiger partial charge in [-0.25, -0.2) is 4.98 Å². The van der Waals surface area contributed by atoms with Gasteiger partial charge in [-0.2, -0.15) is 0 Å². The van der Waals surface area contributed by atoms with Crippen molar-refractivity contribution in [3.05, 3.63) is 64.0 Å². The second-order valence-electron chi connectivity index (χ2n) is 7.96. The number of anilines is 1. The topological polar surface area (TPSA) is 102 Å². The van der Waals surface area contributed by atoms with Gasteiger partial charge in [-0.1, -0.05) is 18.2 Å². The van der Waals surface area contributed by atoms with Gasteiger partial charge in [-0.05, 0) is 50.3 Å². The SMILES string of the molecule is Cc1cc(NC2CCC(NC(=O)c3cc([N+](=O)[O-])cn3C)CC2)nc2ccccc12.Cl. The molecule has 3 aromatic rings. The number of nitrogens with one attached hydrogen (secondary N) is 2. The molecule has 31 heavy (non-hydrogen) atoms. The van der Waals surface area contributed by atoms with E-state index in [0.717, 1.165) is 42.4 Å². The average Bonchev–Trinajstić information content (AvgIpc) is 3.12. The number of aromatic nitrogens is 2. The number of halogens is 1. The second kappa shape index (κ2) is 9.34. The summed E-state index contributed by atoms with van der Waals surface area (Å²) in [4.78, 5) is 27.7. The average molecular weight is 444 g/mol. The van der Waals surface area contributed by atoms with Gasteiger partial charge in [-0.3, -0.25) is 14.9 Å². The van der Waals surface area contributed by atoms with Gasteiger partial charge >= 0.3 is 0 Å². The van der Waals surface area contributed by atoms with Gasteiger partial charge in [0, 0.05) is 30.6 Å². The molecule has 2 aromatic heterocycles. The lowest BCUT2D eigenvalue weighted by Crippen LogP contribution is -2.40. The van der Waals surface area contributed by atoms with Crippen LogP contribution in [0.25, 0.3) is 10.9 Å². The van der Waals surface area contributed by atoms with Crippen LogP contribution in [0.2, 0.25) is 0 Å². The van der Waals surface area contributed by atoms with E-state index in [1.807, 2.05) is 18.2 Å². The number of benzene rings is 1. The Kier molecular flexibility index (Phi) is 6.80. The number of nitro groups is 1. The number of hydrogen-bond acceptors (Lipinski definition) is 5. The fourth-order valence-corrected chi connectivity index (χ4v) is 4.15. The number of carbonyl (C=O) groups is 1. The maximum Gasteiger partial charge on any atom is 0.287 e. The number of para-hydroxylation sites is 1. The highest BCUT2D eigenvalue weighted by Crippen LogP contribution is 2.25. The predicted octanol–water partition coefficient (Wildman–Crippen LogP) is 4.36. The highest BCUT2D eigenvalue weighted by atomic mass is 35.5. The molecule has 9 heteroatoms. The number of nitrogens with zero attached hydrogens (tertiary/aromatic N) is 3. The highest BCUT2D eigenvalue weighted by Gasteiger charge is 2.25. The summed E-state index contributed by atoms with van der Waals surface area (Å²) in [5.41, 5.74) is 2.41. The van der Waals surface area contributed by atoms with Crippen molar-refractivity contribution in [3.63, 3.8) is 0 Å². The molecule has 1 aromatic carbocycles. The minimum absolute atomic E-state index is 0. The van der Waals surface area contributed by atoms with Gasteiger partial charge < -0.3 is 15.2 Å². The fourth-order valence-electron chi connectivity index (χ4n) is 4.15. The standard InChI is InChI=1S/C22H25N5O3.ClH/c1-14-11-21(25-19-6-4-3-5-18(14)19)23-15-7-9-16(10-8-15)24-22(28)20-12-17(27(29)30)13-26(20)2;/h3-6,11-13,15-16H,7-10H2,1-2H3,(H,23,25)(H,24,28);1H. The number of amides is 1. The lowest BCUT2D eigenvalue weighted by molar-refractivity contribution is -0.384. The van der Waals surface area contributed by atoms with Crippen LogP contribution in [-0.2, 0) is 7.05 Å². The Morgan fingerprint density at radius 3 is 2.52 bits per heavy atom. The third kappa shape index (κ3) is 4.96. The molecule has 2 heterocycles. The highest BCUT2D eigenvalue weighted by molar-refractivity contribution is 5.93. The van der Waals surface area contributed by atoms with E-state index >= 15 is 0 Å². The smallest absolute Gasteiger partial charge is 0.287 e. The lowest BCUT2D eigenvalue weighted by atomic mass is 9.91. The molecule has 0 saturated heterocycles. The monoisotopic (exact) mass is 443 g/mol. The van der Waals surface area contributed by atoms with Crippen molar-refractivity contribution in [2.24, 2.45) is 7.05 Å². The van der Waals surface area contributed by atoms with Crippen LogP contribution in [0, 0.1) is 17.0 Å². The maximum atomic E-state index is 12.5. The van der Waals surface area contributed by atoms with Gasteiger partial charge in [0.15, 0.2) is 0 Å². The molecule has 1 fully saturated rings. The summed E-state index contributed by atoms with van der Waals surface area (Å²) in [6.45, 7) is 2.09. The molecule has 1 aliphatic rings. The second-order valence-corrected chi connectivity index (χ2v) is 7.96. The Bertz CT molecular complexity index is 1110. The van der Waals surface area contributed by atoms with Crippen LogP contribution in [0.15, 0.2) is 42.6 Å². The molecule has 0 aliphatic heterocycles. The number of carbonyl (C=O) groups excluding carboxylic acids is 1. The molecule has 1 saturated carbocycles. The van der Waals surface area contributed by atoms with E-state index in [-0.39, 0.29) is 30.0 Å². The summed E-state index contributed by atoms with van der Waals surface area (Å²) >= 11 is 0. The van der Waals surface area contributed by atoms with Crippen molar-refractivity contribution in [2.45, 2.75) is 44.7 Å². The fraction of sp³-hybridized carbons (Fsp3) is 0.364. The van der Waals surface area contributed by atoms with Gasteiger partial charge in [0.25, 0.3) is 11.6 Å². The Labute approximate surface area is 186 Å². The maximum absolute atomic E-state index is 12.5. The normalized spacial score (nSPS) is 18.3. The molecule has 8 nitrogen and oxygen atoms in total. The van der Waals surface area contributed by atoms with Crippen LogP contribution in [0.4, 0.5) is 11.5 Å². The van der Waals surface area contributed by atoms with E-state index in [0.29, 0.717) is 11.7 Å². The zero-order valence-corrected chi connectivity index (χ0v) is 18.3. The Hall–Kier alpha value is -3.13. The molecule has 164 valence electrons. The van der Waals surface area contributed by atoms with E-state index in [4.69, 9.17) is 4.98 Å². The van der Waals surface area contributed by atoms with Crippen LogP contribution in [0.1, 0.15) is 41.7 Å². The zero-order valence-electron chi connectivity index (χ0n) is 17.5. The van der Waals surface area contributed by atoms with Crippen molar-refractivity contribution in [3.8, 4) is 0 Å². The largest absolute Gasteiger partial charge is 0.367 e. The van der Waals surface area contributed by atoms with Gasteiger partial charge in [-0.15, -0.1) is 12.4 Å². The summed E-state index contributed by atoms with van der Waals surface area (Å²) in [6, 6.07) is 11.9. The summed E-state index contributed by atoms with van der Waals surface area (Å²) in [5.74, 6) is 0.614. The van der Waals surface area contributed by atoms with Crippen molar-refractivity contribution < 1.29 is 9.72 Å². The summed E-state index contributed by atoms with van der Waals surface area (Å²) in [5, 5.41) is 18.6. The van der Waals surface area contributed by atoms with E-state index in [2.05, 4.69) is 29.7 Å². The molecule has 0 unspecified atom stereocenters. The third-order valence-corrected chi connectivity index (χ3v) is 5.77. The first-order chi connectivity index (χ1) is 14.4. The number of aryl methyl sites for hydroxylation is 2. The molecular formula is C22H26ClN5O3. The lowest BCUT2D eigenvalue weighted by Gasteiger charge is -2.30. The Morgan fingerprint density at radius 2 is 1.84 bits per heavy atom. The Morgan fingerprint density at radius 1 is 1.16 bits per heavy atom. The molecule has 1 amide bonds. The van der Waals surface area contributed by atoms with E-state index in [1.54, 1.807) is 7.05 Å². The minimum Gasteiger partial charge on any atom is -0.367 e. The molecule has 4 rings (SSSR count). The third-order valence-electron chi connectivity index (χ3n) is 5.77. The predicted molar refractivity (Wildman–Crippen MR) is 123 cm³/mol. The van der Waals surface area contributed by atoms with Crippen molar-refractivity contribution in [1.29, 1.82) is 0 Å². The molecule has 1 aliphatic carbocycles. The first-order valence-corrected chi connectivity index (χ1v) is 10.2. The first-order valence-electron chi connectivity index (χ1n) is 10.2. The number of rotatable bonds is 5. The number of fused-ring (bicyclic) bond motifs is 1. The van der Waals surface area contributed by atoms with Crippen LogP contribution in [0.3, 0.4) is 0 Å². The number of hydrogen-bond donors (Lipinski definition) is 2. The minimum atomic E-state index is -0.490. The Balaban J connectivity index is 0.00000272. The molecule has 0 atom stereocenters. The summed E-state index contributed by atoms with van der Waals surface area (Å²) in [6.07, 6.45) is 4.90. The number of pyridine rings is 1. The van der Waals surface area contributed by atoms with Crippen LogP contribution in [-0.4, -0.2) is 32.5 Å². The van der Waals surface area contributed by atoms with Crippen molar-refractivity contribution in [2.75, 3.05) is 5.32 Å².